The van der Waals surface area contributed by atoms with Crippen molar-refractivity contribution >= 4 is 46.3 Å². The normalized spacial score (nSPS) is 14.4. The Morgan fingerprint density at radius 1 is 1.11 bits per heavy atom. The molecule has 3 aromatic rings. The van der Waals surface area contributed by atoms with Crippen LogP contribution in [0.1, 0.15) is 16.7 Å². The zero-order chi connectivity index (χ0) is 25.8. The molecule has 1 fully saturated rings. The fourth-order valence-corrected chi connectivity index (χ4v) is 4.55. The number of para-hydroxylation sites is 1. The average molecular weight is 529 g/mol. The fraction of sp³-hybridized carbons (Fsp3) is 0.120. The molecule has 4 rings (SSSR count). The van der Waals surface area contributed by atoms with E-state index in [1.54, 1.807) is 36.4 Å². The molecule has 2 amide bonds. The van der Waals surface area contributed by atoms with E-state index in [1.807, 2.05) is 0 Å². The van der Waals surface area contributed by atoms with Gasteiger partial charge in [0, 0.05) is 16.7 Å². The van der Waals surface area contributed by atoms with Crippen LogP contribution in [0.15, 0.2) is 65.6 Å². The molecule has 36 heavy (non-hydrogen) atoms. The van der Waals surface area contributed by atoms with Crippen molar-refractivity contribution in [2.45, 2.75) is 13.2 Å². The van der Waals surface area contributed by atoms with Gasteiger partial charge < -0.3 is 9.47 Å². The molecule has 0 N–H and O–H groups in total. The summed E-state index contributed by atoms with van der Waals surface area (Å²) in [5, 5.41) is 10.8. The minimum atomic E-state index is -0.610. The minimum Gasteiger partial charge on any atom is -0.493 e. The number of nitro benzene ring substituents is 1. The van der Waals surface area contributed by atoms with Gasteiger partial charge in [-0.15, -0.1) is 0 Å². The Morgan fingerprint density at radius 2 is 1.89 bits per heavy atom. The van der Waals surface area contributed by atoms with Crippen LogP contribution in [0, 0.1) is 15.9 Å². The van der Waals surface area contributed by atoms with Gasteiger partial charge in [-0.25, -0.2) is 4.39 Å². The summed E-state index contributed by atoms with van der Waals surface area (Å²) in [7, 11) is 1.45. The number of methoxy groups -OCH3 is 1. The fourth-order valence-electron chi connectivity index (χ4n) is 3.49. The summed E-state index contributed by atoms with van der Waals surface area (Å²) >= 11 is 6.77. The number of imide groups is 1. The number of hydrogen-bond donors (Lipinski definition) is 0. The first kappa shape index (κ1) is 25.2. The van der Waals surface area contributed by atoms with Gasteiger partial charge in [0.2, 0.25) is 0 Å². The van der Waals surface area contributed by atoms with Gasteiger partial charge in [0.1, 0.15) is 12.4 Å². The average Bonchev–Trinajstić information content (AvgIpc) is 3.12. The molecular formula is C25H18ClFN2O6S. The van der Waals surface area contributed by atoms with Crippen molar-refractivity contribution in [3.05, 3.63) is 103 Å². The number of carbonyl (C=O) groups excluding carboxylic acids is 2. The van der Waals surface area contributed by atoms with Crippen LogP contribution in [0.4, 0.5) is 14.9 Å². The summed E-state index contributed by atoms with van der Waals surface area (Å²) in [6.45, 7) is -0.378. The molecule has 0 aliphatic carbocycles. The number of amides is 2. The van der Waals surface area contributed by atoms with Gasteiger partial charge in [-0.1, -0.05) is 35.9 Å². The van der Waals surface area contributed by atoms with Gasteiger partial charge in [0.05, 0.1) is 29.0 Å². The van der Waals surface area contributed by atoms with Crippen LogP contribution >= 0.6 is 23.4 Å². The Labute approximate surface area is 214 Å². The molecular weight excluding hydrogens is 511 g/mol. The second kappa shape index (κ2) is 10.8. The summed E-state index contributed by atoms with van der Waals surface area (Å²) in [5.74, 6) is -0.515. The zero-order valence-electron chi connectivity index (χ0n) is 18.8. The molecule has 1 aliphatic heterocycles. The Hall–Kier alpha value is -3.89. The summed E-state index contributed by atoms with van der Waals surface area (Å²) in [6, 6.07) is 15.2. The highest BCUT2D eigenvalue weighted by Crippen LogP contribution is 2.36. The van der Waals surface area contributed by atoms with Crippen LogP contribution in [0.3, 0.4) is 0 Å². The van der Waals surface area contributed by atoms with E-state index in [9.17, 15) is 24.1 Å². The Kier molecular flexibility index (Phi) is 7.56. The number of thioether (sulfide) groups is 1. The van der Waals surface area contributed by atoms with Crippen molar-refractivity contribution in [1.29, 1.82) is 0 Å². The summed E-state index contributed by atoms with van der Waals surface area (Å²) in [4.78, 5) is 37.2. The van der Waals surface area contributed by atoms with E-state index in [-0.39, 0.29) is 34.3 Å². The maximum Gasteiger partial charge on any atom is 0.293 e. The molecule has 0 radical (unpaired) electrons. The van der Waals surface area contributed by atoms with E-state index >= 15 is 0 Å². The van der Waals surface area contributed by atoms with Crippen LogP contribution in [0.25, 0.3) is 6.08 Å². The quantitative estimate of drug-likeness (QED) is 0.195. The van der Waals surface area contributed by atoms with Crippen LogP contribution in [0.5, 0.6) is 11.5 Å². The number of hydrogen-bond acceptors (Lipinski definition) is 7. The van der Waals surface area contributed by atoms with Crippen molar-refractivity contribution < 1.29 is 28.4 Å². The molecule has 8 nitrogen and oxygen atoms in total. The lowest BCUT2D eigenvalue weighted by Crippen LogP contribution is -2.28. The second-order valence-electron chi connectivity index (χ2n) is 7.55. The maximum atomic E-state index is 14.2. The molecule has 1 saturated heterocycles. The Bertz CT molecular complexity index is 1380. The predicted molar refractivity (Wildman–Crippen MR) is 133 cm³/mol. The zero-order valence-corrected chi connectivity index (χ0v) is 20.3. The Balaban J connectivity index is 1.56. The highest BCUT2D eigenvalue weighted by Gasteiger charge is 2.36. The first-order valence-corrected chi connectivity index (χ1v) is 11.7. The lowest BCUT2D eigenvalue weighted by atomic mass is 10.1. The number of nitrogens with zero attached hydrogens (tertiary/aromatic N) is 2. The van der Waals surface area contributed by atoms with Gasteiger partial charge in [0.15, 0.2) is 11.5 Å². The number of halogens is 2. The molecule has 0 saturated carbocycles. The molecule has 0 spiro atoms. The van der Waals surface area contributed by atoms with Gasteiger partial charge >= 0.3 is 0 Å². The second-order valence-corrected chi connectivity index (χ2v) is 8.95. The molecule has 0 aromatic heterocycles. The monoisotopic (exact) mass is 528 g/mol. The van der Waals surface area contributed by atoms with Crippen LogP contribution in [-0.2, 0) is 17.9 Å². The molecule has 0 unspecified atom stereocenters. The third kappa shape index (κ3) is 5.34. The van der Waals surface area contributed by atoms with Crippen molar-refractivity contribution in [2.24, 2.45) is 0 Å². The van der Waals surface area contributed by atoms with Crippen LogP contribution in [-0.4, -0.2) is 28.1 Å². The summed E-state index contributed by atoms with van der Waals surface area (Å²) in [5.41, 5.74) is 0.889. The van der Waals surface area contributed by atoms with E-state index in [0.29, 0.717) is 22.6 Å². The van der Waals surface area contributed by atoms with Crippen LogP contribution in [0.2, 0.25) is 5.02 Å². The van der Waals surface area contributed by atoms with Crippen molar-refractivity contribution in [3.8, 4) is 11.5 Å². The van der Waals surface area contributed by atoms with Crippen molar-refractivity contribution in [3.63, 3.8) is 0 Å². The highest BCUT2D eigenvalue weighted by atomic mass is 35.5. The third-order valence-electron chi connectivity index (χ3n) is 5.31. The Morgan fingerprint density at radius 3 is 2.61 bits per heavy atom. The first-order chi connectivity index (χ1) is 17.3. The smallest absolute Gasteiger partial charge is 0.293 e. The van der Waals surface area contributed by atoms with E-state index in [2.05, 4.69) is 0 Å². The third-order valence-corrected chi connectivity index (χ3v) is 6.57. The number of carbonyl (C=O) groups is 2. The SMILES string of the molecule is COc1ccc(/C=C2\SC(=O)N(Cc3c(F)cccc3Cl)C2=O)cc1OCc1ccccc1[N+](=O)[O-]. The van der Waals surface area contributed by atoms with E-state index in [4.69, 9.17) is 21.1 Å². The predicted octanol–water partition coefficient (Wildman–Crippen LogP) is 6.21. The van der Waals surface area contributed by atoms with Gasteiger partial charge in [-0.2, -0.15) is 0 Å². The standard InChI is InChI=1S/C25H18ClFN2O6S/c1-34-21-10-9-15(11-22(21)35-14-16-5-2-3-8-20(16)29(32)33)12-23-24(30)28(25(31)36-23)13-17-18(26)6-4-7-19(17)27/h2-12H,13-14H2,1H3/b23-12-. The first-order valence-electron chi connectivity index (χ1n) is 10.5. The summed E-state index contributed by atoms with van der Waals surface area (Å²) in [6.07, 6.45) is 1.51. The minimum absolute atomic E-state index is 0.0536. The largest absolute Gasteiger partial charge is 0.493 e. The van der Waals surface area contributed by atoms with E-state index < -0.39 is 21.9 Å². The molecule has 1 aliphatic rings. The molecule has 184 valence electrons. The molecule has 3 aromatic carbocycles. The van der Waals surface area contributed by atoms with Crippen molar-refractivity contribution in [2.75, 3.05) is 7.11 Å². The number of nitro groups is 1. The molecule has 11 heteroatoms. The number of benzene rings is 3. The topological polar surface area (TPSA) is 99.0 Å². The lowest BCUT2D eigenvalue weighted by molar-refractivity contribution is -0.385. The van der Waals surface area contributed by atoms with E-state index in [1.165, 1.54) is 37.5 Å². The molecule has 0 atom stereocenters. The number of rotatable bonds is 8. The molecule has 1 heterocycles. The van der Waals surface area contributed by atoms with E-state index in [0.717, 1.165) is 16.7 Å². The molecule has 0 bridgehead atoms. The number of ether oxygens (including phenoxy) is 2. The van der Waals surface area contributed by atoms with Gasteiger partial charge in [-0.05, 0) is 53.7 Å². The maximum absolute atomic E-state index is 14.2. The summed E-state index contributed by atoms with van der Waals surface area (Å²) < 4.78 is 25.3. The van der Waals surface area contributed by atoms with Gasteiger partial charge in [0.25, 0.3) is 16.8 Å². The van der Waals surface area contributed by atoms with Gasteiger partial charge in [-0.3, -0.25) is 24.6 Å². The van der Waals surface area contributed by atoms with Crippen molar-refractivity contribution in [1.82, 2.24) is 4.90 Å². The lowest BCUT2D eigenvalue weighted by Gasteiger charge is -2.14. The van der Waals surface area contributed by atoms with Crippen LogP contribution < -0.4 is 9.47 Å². The highest BCUT2D eigenvalue weighted by molar-refractivity contribution is 8.18.